The number of benzene rings is 1. The first-order chi connectivity index (χ1) is 11.1. The molecular formula is C18H23N3O2. The largest absolute Gasteiger partial charge is 0.354 e. The summed E-state index contributed by atoms with van der Waals surface area (Å²) in [7, 11) is 0. The molecule has 1 aromatic heterocycles. The average Bonchev–Trinajstić information content (AvgIpc) is 2.57. The molecule has 1 fully saturated rings. The molecule has 2 N–H and O–H groups in total. The molecule has 1 saturated heterocycles. The molecule has 1 amide bonds. The molecule has 0 atom stereocenters. The van der Waals surface area contributed by atoms with Gasteiger partial charge in [0.15, 0.2) is 5.43 Å². The van der Waals surface area contributed by atoms with Crippen molar-refractivity contribution in [3.05, 3.63) is 46.8 Å². The maximum absolute atomic E-state index is 12.3. The van der Waals surface area contributed by atoms with E-state index in [9.17, 15) is 9.59 Å². The number of carbonyl (C=O) groups excluding carboxylic acids is 1. The number of para-hydroxylation sites is 1. The standard InChI is InChI=1S/C18H23N3O2/c1-18(7-9-19-10-8-18)13-20-17(23)12-21-11-6-16(22)14-4-2-3-5-15(14)21/h2-6,11,19H,7-10,12-13H2,1H3,(H,20,23). The van der Waals surface area contributed by atoms with Crippen LogP contribution < -0.4 is 16.1 Å². The van der Waals surface area contributed by atoms with Crippen LogP contribution in [0.2, 0.25) is 0 Å². The number of hydrogen-bond donors (Lipinski definition) is 2. The summed E-state index contributed by atoms with van der Waals surface area (Å²) >= 11 is 0. The molecule has 2 aromatic rings. The fourth-order valence-electron chi connectivity index (χ4n) is 3.13. The fraction of sp³-hybridized carbons (Fsp3) is 0.444. The van der Waals surface area contributed by atoms with Crippen LogP contribution in [0.3, 0.4) is 0 Å². The Labute approximate surface area is 135 Å². The minimum absolute atomic E-state index is 0.0144. The molecule has 2 heterocycles. The minimum Gasteiger partial charge on any atom is -0.354 e. The topological polar surface area (TPSA) is 63.1 Å². The molecule has 0 aliphatic carbocycles. The second-order valence-electron chi connectivity index (χ2n) is 6.66. The summed E-state index contributed by atoms with van der Waals surface area (Å²) in [5.74, 6) is -0.0152. The number of hydrogen-bond acceptors (Lipinski definition) is 3. The zero-order valence-electron chi connectivity index (χ0n) is 13.5. The predicted octanol–water partition coefficient (Wildman–Crippen LogP) is 1.51. The molecule has 5 nitrogen and oxygen atoms in total. The molecular weight excluding hydrogens is 290 g/mol. The minimum atomic E-state index is -0.0152. The Morgan fingerprint density at radius 3 is 2.78 bits per heavy atom. The van der Waals surface area contributed by atoms with E-state index in [4.69, 9.17) is 0 Å². The zero-order valence-corrected chi connectivity index (χ0v) is 13.5. The first-order valence-electron chi connectivity index (χ1n) is 8.13. The molecule has 0 bridgehead atoms. The number of nitrogens with one attached hydrogen (secondary N) is 2. The molecule has 0 spiro atoms. The maximum Gasteiger partial charge on any atom is 0.239 e. The number of aromatic nitrogens is 1. The molecule has 0 radical (unpaired) electrons. The van der Waals surface area contributed by atoms with Crippen molar-refractivity contribution in [3.8, 4) is 0 Å². The summed E-state index contributed by atoms with van der Waals surface area (Å²) < 4.78 is 1.83. The van der Waals surface area contributed by atoms with Gasteiger partial charge in [-0.2, -0.15) is 0 Å². The molecule has 1 aliphatic rings. The number of pyridine rings is 1. The van der Waals surface area contributed by atoms with Gasteiger partial charge in [-0.3, -0.25) is 9.59 Å². The molecule has 1 aromatic carbocycles. The van der Waals surface area contributed by atoms with Crippen LogP contribution >= 0.6 is 0 Å². The highest BCUT2D eigenvalue weighted by molar-refractivity contribution is 5.82. The van der Waals surface area contributed by atoms with Gasteiger partial charge in [-0.25, -0.2) is 0 Å². The van der Waals surface area contributed by atoms with E-state index in [0.29, 0.717) is 11.9 Å². The molecule has 1 aliphatic heterocycles. The fourth-order valence-corrected chi connectivity index (χ4v) is 3.13. The Morgan fingerprint density at radius 2 is 2.00 bits per heavy atom. The van der Waals surface area contributed by atoms with Crippen LogP contribution in [0.15, 0.2) is 41.3 Å². The first kappa shape index (κ1) is 15.7. The van der Waals surface area contributed by atoms with E-state index in [2.05, 4.69) is 17.6 Å². The van der Waals surface area contributed by atoms with Crippen molar-refractivity contribution in [2.75, 3.05) is 19.6 Å². The van der Waals surface area contributed by atoms with E-state index < -0.39 is 0 Å². The van der Waals surface area contributed by atoms with Crippen LogP contribution in [0.4, 0.5) is 0 Å². The van der Waals surface area contributed by atoms with Gasteiger partial charge < -0.3 is 15.2 Å². The molecule has 5 heteroatoms. The van der Waals surface area contributed by atoms with Crippen molar-refractivity contribution in [2.45, 2.75) is 26.3 Å². The van der Waals surface area contributed by atoms with E-state index in [1.54, 1.807) is 12.3 Å². The number of nitrogens with zero attached hydrogens (tertiary/aromatic N) is 1. The summed E-state index contributed by atoms with van der Waals surface area (Å²) in [6.07, 6.45) is 3.85. The van der Waals surface area contributed by atoms with Gasteiger partial charge in [-0.1, -0.05) is 19.1 Å². The third-order valence-electron chi connectivity index (χ3n) is 4.72. The number of rotatable bonds is 4. The lowest BCUT2D eigenvalue weighted by atomic mass is 9.81. The first-order valence-corrected chi connectivity index (χ1v) is 8.13. The van der Waals surface area contributed by atoms with Gasteiger partial charge in [-0.15, -0.1) is 0 Å². The van der Waals surface area contributed by atoms with Gasteiger partial charge in [0, 0.05) is 24.2 Å². The van der Waals surface area contributed by atoms with Crippen molar-refractivity contribution in [1.29, 1.82) is 0 Å². The van der Waals surface area contributed by atoms with Crippen LogP contribution in [-0.4, -0.2) is 30.1 Å². The summed E-state index contributed by atoms with van der Waals surface area (Å²) in [6, 6.07) is 8.91. The Balaban J connectivity index is 1.69. The van der Waals surface area contributed by atoms with Crippen LogP contribution in [0.1, 0.15) is 19.8 Å². The maximum atomic E-state index is 12.3. The summed E-state index contributed by atoms with van der Waals surface area (Å²) in [6.45, 7) is 5.18. The second-order valence-corrected chi connectivity index (χ2v) is 6.66. The lowest BCUT2D eigenvalue weighted by molar-refractivity contribution is -0.122. The monoisotopic (exact) mass is 313 g/mol. The third kappa shape index (κ3) is 3.62. The van der Waals surface area contributed by atoms with Crippen molar-refractivity contribution in [1.82, 2.24) is 15.2 Å². The summed E-state index contributed by atoms with van der Waals surface area (Å²) in [4.78, 5) is 24.2. The molecule has 122 valence electrons. The van der Waals surface area contributed by atoms with E-state index in [-0.39, 0.29) is 23.3 Å². The Morgan fingerprint density at radius 1 is 1.26 bits per heavy atom. The Hall–Kier alpha value is -2.14. The second kappa shape index (κ2) is 6.54. The zero-order chi connectivity index (χ0) is 16.3. The van der Waals surface area contributed by atoms with E-state index in [1.165, 1.54) is 6.07 Å². The third-order valence-corrected chi connectivity index (χ3v) is 4.72. The number of carbonyl (C=O) groups is 1. The SMILES string of the molecule is CC1(CNC(=O)Cn2ccc(=O)c3ccccc32)CCNCC1. The lowest BCUT2D eigenvalue weighted by Gasteiger charge is -2.34. The molecule has 3 rings (SSSR count). The van der Waals surface area contributed by atoms with Gasteiger partial charge in [-0.05, 0) is 43.5 Å². The molecule has 23 heavy (non-hydrogen) atoms. The normalized spacial score (nSPS) is 17.1. The smallest absolute Gasteiger partial charge is 0.239 e. The van der Waals surface area contributed by atoms with Gasteiger partial charge in [0.25, 0.3) is 0 Å². The molecule has 0 unspecified atom stereocenters. The Bertz CT molecular complexity index is 760. The van der Waals surface area contributed by atoms with E-state index in [1.807, 2.05) is 22.8 Å². The van der Waals surface area contributed by atoms with Gasteiger partial charge in [0.05, 0.1) is 5.52 Å². The lowest BCUT2D eigenvalue weighted by Crippen LogP contribution is -2.43. The van der Waals surface area contributed by atoms with Crippen LogP contribution in [0.25, 0.3) is 10.9 Å². The summed E-state index contributed by atoms with van der Waals surface area (Å²) in [5, 5.41) is 7.05. The highest BCUT2D eigenvalue weighted by Gasteiger charge is 2.26. The van der Waals surface area contributed by atoms with E-state index >= 15 is 0 Å². The number of fused-ring (bicyclic) bond motifs is 1. The Kier molecular flexibility index (Phi) is 4.48. The van der Waals surface area contributed by atoms with Crippen molar-refractivity contribution in [3.63, 3.8) is 0 Å². The van der Waals surface area contributed by atoms with Crippen molar-refractivity contribution in [2.24, 2.45) is 5.41 Å². The summed E-state index contributed by atoms with van der Waals surface area (Å²) in [5.41, 5.74) is 0.953. The number of amides is 1. The quantitative estimate of drug-likeness (QED) is 0.899. The average molecular weight is 313 g/mol. The highest BCUT2D eigenvalue weighted by atomic mass is 16.2. The number of piperidine rings is 1. The van der Waals surface area contributed by atoms with Crippen LogP contribution in [-0.2, 0) is 11.3 Å². The van der Waals surface area contributed by atoms with Crippen molar-refractivity contribution < 1.29 is 4.79 Å². The van der Waals surface area contributed by atoms with Gasteiger partial charge >= 0.3 is 0 Å². The predicted molar refractivity (Wildman–Crippen MR) is 91.4 cm³/mol. The van der Waals surface area contributed by atoms with Gasteiger partial charge in [0.2, 0.25) is 5.91 Å². The van der Waals surface area contributed by atoms with Crippen LogP contribution in [0, 0.1) is 5.41 Å². The van der Waals surface area contributed by atoms with E-state index in [0.717, 1.165) is 31.4 Å². The van der Waals surface area contributed by atoms with Gasteiger partial charge in [0.1, 0.15) is 6.54 Å². The van der Waals surface area contributed by atoms with Crippen LogP contribution in [0.5, 0.6) is 0 Å². The van der Waals surface area contributed by atoms with Crippen molar-refractivity contribution >= 4 is 16.8 Å². The molecule has 0 saturated carbocycles. The highest BCUT2D eigenvalue weighted by Crippen LogP contribution is 2.26.